The molecule has 0 saturated carbocycles. The summed E-state index contributed by atoms with van der Waals surface area (Å²) in [6.07, 6.45) is 0.341. The highest BCUT2D eigenvalue weighted by Crippen LogP contribution is 2.26. The summed E-state index contributed by atoms with van der Waals surface area (Å²) in [6, 6.07) is 5.85. The van der Waals surface area contributed by atoms with E-state index in [1.54, 1.807) is 6.92 Å². The number of ether oxygens (including phenoxy) is 1. The maximum absolute atomic E-state index is 9.61. The number of aliphatic hydroxyl groups is 1. The molecule has 0 aliphatic carbocycles. The second kappa shape index (κ2) is 5.71. The van der Waals surface area contributed by atoms with E-state index in [0.29, 0.717) is 6.61 Å². The molecule has 0 spiro atoms. The van der Waals surface area contributed by atoms with E-state index in [2.05, 4.69) is 6.58 Å². The van der Waals surface area contributed by atoms with E-state index in [4.69, 9.17) is 4.74 Å². The summed E-state index contributed by atoms with van der Waals surface area (Å²) in [5.41, 5.74) is 3.08. The highest BCUT2D eigenvalue weighted by molar-refractivity contribution is 5.38. The standard InChI is InChI=1S/C14H20O2/c1-10(2)7-8-16-14-9-11(3)5-6-13(14)12(4)15/h5-6,9,12,15H,1,7-8H2,2-4H3. The lowest BCUT2D eigenvalue weighted by atomic mass is 10.1. The Hall–Kier alpha value is -1.28. The Morgan fingerprint density at radius 1 is 1.50 bits per heavy atom. The highest BCUT2D eigenvalue weighted by atomic mass is 16.5. The van der Waals surface area contributed by atoms with Gasteiger partial charge in [0.05, 0.1) is 12.7 Å². The molecule has 1 atom stereocenters. The van der Waals surface area contributed by atoms with Crippen molar-refractivity contribution in [1.82, 2.24) is 0 Å². The van der Waals surface area contributed by atoms with Crippen LogP contribution in [-0.2, 0) is 0 Å². The van der Waals surface area contributed by atoms with Crippen molar-refractivity contribution in [2.75, 3.05) is 6.61 Å². The molecule has 0 saturated heterocycles. The molecule has 0 aliphatic rings. The Morgan fingerprint density at radius 2 is 2.19 bits per heavy atom. The Morgan fingerprint density at radius 3 is 2.75 bits per heavy atom. The van der Waals surface area contributed by atoms with Gasteiger partial charge in [0.1, 0.15) is 5.75 Å². The van der Waals surface area contributed by atoms with Crippen LogP contribution < -0.4 is 4.74 Å². The van der Waals surface area contributed by atoms with Gasteiger partial charge in [-0.3, -0.25) is 0 Å². The van der Waals surface area contributed by atoms with E-state index < -0.39 is 6.10 Å². The fourth-order valence-corrected chi connectivity index (χ4v) is 1.45. The van der Waals surface area contributed by atoms with Crippen LogP contribution in [0.25, 0.3) is 0 Å². The van der Waals surface area contributed by atoms with E-state index in [0.717, 1.165) is 28.9 Å². The third kappa shape index (κ3) is 3.70. The van der Waals surface area contributed by atoms with E-state index in [1.165, 1.54) is 0 Å². The summed E-state index contributed by atoms with van der Waals surface area (Å²) in [5.74, 6) is 0.774. The van der Waals surface area contributed by atoms with Crippen LogP contribution in [-0.4, -0.2) is 11.7 Å². The van der Waals surface area contributed by atoms with Crippen LogP contribution in [0.5, 0.6) is 5.75 Å². The zero-order valence-corrected chi connectivity index (χ0v) is 10.3. The molecular weight excluding hydrogens is 200 g/mol. The van der Waals surface area contributed by atoms with Crippen molar-refractivity contribution < 1.29 is 9.84 Å². The van der Waals surface area contributed by atoms with Gasteiger partial charge in [-0.2, -0.15) is 0 Å². The number of rotatable bonds is 5. The third-order valence-corrected chi connectivity index (χ3v) is 2.41. The SMILES string of the molecule is C=C(C)CCOc1cc(C)ccc1C(C)O. The van der Waals surface area contributed by atoms with E-state index in [1.807, 2.05) is 32.0 Å². The molecule has 0 bridgehead atoms. The van der Waals surface area contributed by atoms with Crippen molar-refractivity contribution in [3.8, 4) is 5.75 Å². The first-order chi connectivity index (χ1) is 7.50. The zero-order chi connectivity index (χ0) is 12.1. The fourth-order valence-electron chi connectivity index (χ4n) is 1.45. The quantitative estimate of drug-likeness (QED) is 0.771. The lowest BCUT2D eigenvalue weighted by Crippen LogP contribution is -2.02. The molecule has 2 heteroatoms. The summed E-state index contributed by atoms with van der Waals surface area (Å²) in [7, 11) is 0. The molecule has 0 aromatic heterocycles. The average molecular weight is 220 g/mol. The molecule has 0 radical (unpaired) electrons. The molecule has 88 valence electrons. The summed E-state index contributed by atoms with van der Waals surface area (Å²) < 4.78 is 5.67. The van der Waals surface area contributed by atoms with Gasteiger partial charge < -0.3 is 9.84 Å². The van der Waals surface area contributed by atoms with Gasteiger partial charge in [0, 0.05) is 12.0 Å². The minimum absolute atomic E-state index is 0.500. The van der Waals surface area contributed by atoms with Gasteiger partial charge in [-0.05, 0) is 32.4 Å². The Bertz CT molecular complexity index is 367. The van der Waals surface area contributed by atoms with Crippen LogP contribution >= 0.6 is 0 Å². The van der Waals surface area contributed by atoms with E-state index in [9.17, 15) is 5.11 Å². The van der Waals surface area contributed by atoms with Gasteiger partial charge in [-0.25, -0.2) is 0 Å². The molecule has 1 aromatic carbocycles. The van der Waals surface area contributed by atoms with Crippen LogP contribution in [0.1, 0.15) is 37.5 Å². The molecule has 0 fully saturated rings. The zero-order valence-electron chi connectivity index (χ0n) is 10.3. The number of hydrogen-bond donors (Lipinski definition) is 1. The molecule has 1 N–H and O–H groups in total. The van der Waals surface area contributed by atoms with Crippen LogP contribution in [0.3, 0.4) is 0 Å². The molecule has 2 nitrogen and oxygen atoms in total. The van der Waals surface area contributed by atoms with Crippen molar-refractivity contribution in [2.24, 2.45) is 0 Å². The first-order valence-corrected chi connectivity index (χ1v) is 5.56. The number of aryl methyl sites for hydroxylation is 1. The maximum atomic E-state index is 9.61. The lowest BCUT2D eigenvalue weighted by molar-refractivity contribution is 0.191. The van der Waals surface area contributed by atoms with Crippen LogP contribution in [0, 0.1) is 6.92 Å². The molecule has 0 amide bonds. The molecule has 0 aliphatic heterocycles. The number of hydrogen-bond acceptors (Lipinski definition) is 2. The summed E-state index contributed by atoms with van der Waals surface area (Å²) >= 11 is 0. The Labute approximate surface area is 97.6 Å². The minimum atomic E-state index is -0.500. The van der Waals surface area contributed by atoms with Gasteiger partial charge in [0.15, 0.2) is 0 Å². The second-order valence-corrected chi connectivity index (χ2v) is 4.27. The fraction of sp³-hybridized carbons (Fsp3) is 0.429. The van der Waals surface area contributed by atoms with Gasteiger partial charge in [0.2, 0.25) is 0 Å². The molecular formula is C14H20O2. The first kappa shape index (κ1) is 12.8. The molecule has 0 heterocycles. The van der Waals surface area contributed by atoms with Crippen LogP contribution in [0.4, 0.5) is 0 Å². The summed E-state index contributed by atoms with van der Waals surface area (Å²) in [4.78, 5) is 0. The van der Waals surface area contributed by atoms with Crippen molar-refractivity contribution in [2.45, 2.75) is 33.3 Å². The van der Waals surface area contributed by atoms with Crippen molar-refractivity contribution >= 4 is 0 Å². The summed E-state index contributed by atoms with van der Waals surface area (Å²) in [5, 5.41) is 9.61. The number of aliphatic hydroxyl groups excluding tert-OH is 1. The van der Waals surface area contributed by atoms with Gasteiger partial charge >= 0.3 is 0 Å². The smallest absolute Gasteiger partial charge is 0.125 e. The topological polar surface area (TPSA) is 29.5 Å². The number of benzene rings is 1. The first-order valence-electron chi connectivity index (χ1n) is 5.56. The molecule has 1 aromatic rings. The van der Waals surface area contributed by atoms with Gasteiger partial charge in [-0.1, -0.05) is 17.7 Å². The van der Waals surface area contributed by atoms with Crippen molar-refractivity contribution in [1.29, 1.82) is 0 Å². The lowest BCUT2D eigenvalue weighted by Gasteiger charge is -2.14. The molecule has 16 heavy (non-hydrogen) atoms. The summed E-state index contributed by atoms with van der Waals surface area (Å²) in [6.45, 7) is 10.2. The predicted octanol–water partition coefficient (Wildman–Crippen LogP) is 3.39. The monoisotopic (exact) mass is 220 g/mol. The van der Waals surface area contributed by atoms with E-state index >= 15 is 0 Å². The van der Waals surface area contributed by atoms with Crippen LogP contribution in [0.2, 0.25) is 0 Å². The molecule has 1 unspecified atom stereocenters. The molecule has 1 rings (SSSR count). The third-order valence-electron chi connectivity index (χ3n) is 2.41. The van der Waals surface area contributed by atoms with Crippen molar-refractivity contribution in [3.05, 3.63) is 41.5 Å². The second-order valence-electron chi connectivity index (χ2n) is 4.27. The average Bonchev–Trinajstić information content (AvgIpc) is 2.16. The minimum Gasteiger partial charge on any atom is -0.493 e. The van der Waals surface area contributed by atoms with Crippen LogP contribution in [0.15, 0.2) is 30.4 Å². The Kier molecular flexibility index (Phi) is 4.56. The predicted molar refractivity (Wildman–Crippen MR) is 66.7 cm³/mol. The van der Waals surface area contributed by atoms with E-state index in [-0.39, 0.29) is 0 Å². The van der Waals surface area contributed by atoms with Gasteiger partial charge in [0.25, 0.3) is 0 Å². The maximum Gasteiger partial charge on any atom is 0.125 e. The van der Waals surface area contributed by atoms with Crippen molar-refractivity contribution in [3.63, 3.8) is 0 Å². The Balaban J connectivity index is 2.76. The van der Waals surface area contributed by atoms with Gasteiger partial charge in [-0.15, -0.1) is 6.58 Å². The highest BCUT2D eigenvalue weighted by Gasteiger charge is 2.08. The largest absolute Gasteiger partial charge is 0.493 e. The normalized spacial score (nSPS) is 12.2.